The molecule has 0 saturated heterocycles. The maximum atomic E-state index is 11.8. The first-order chi connectivity index (χ1) is 7.95. The molecule has 0 fully saturated rings. The van der Waals surface area contributed by atoms with Crippen LogP contribution in [0.2, 0.25) is 0 Å². The van der Waals surface area contributed by atoms with Crippen LogP contribution >= 0.6 is 0 Å². The van der Waals surface area contributed by atoms with E-state index in [1.165, 1.54) is 0 Å². The molecule has 19 heavy (non-hydrogen) atoms. The van der Waals surface area contributed by atoms with Crippen molar-refractivity contribution in [2.24, 2.45) is 22.6 Å². The summed E-state index contributed by atoms with van der Waals surface area (Å²) in [4.78, 5) is 15.9. The Morgan fingerprint density at radius 2 is 1.63 bits per heavy atom. The van der Waals surface area contributed by atoms with Crippen LogP contribution in [0.4, 0.5) is 0 Å². The van der Waals surface area contributed by atoms with Crippen molar-refractivity contribution in [1.82, 2.24) is 0 Å². The normalized spacial score (nSPS) is 12.9. The molecule has 0 aliphatic carbocycles. The predicted octanol–water partition coefficient (Wildman–Crippen LogP) is 3.59. The van der Waals surface area contributed by atoms with E-state index in [0.29, 0.717) is 6.61 Å². The molecule has 2 N–H and O–H groups in total. The van der Waals surface area contributed by atoms with Gasteiger partial charge in [0.15, 0.2) is 0 Å². The molecule has 1 atom stereocenters. The van der Waals surface area contributed by atoms with E-state index in [-0.39, 0.29) is 55.2 Å². The van der Waals surface area contributed by atoms with Crippen LogP contribution in [0.1, 0.15) is 54.4 Å². The van der Waals surface area contributed by atoms with Gasteiger partial charge in [-0.15, -0.1) is 5.92 Å². The average molecular weight is 346 g/mol. The van der Waals surface area contributed by atoms with Gasteiger partial charge in [0, 0.05) is 44.7 Å². The van der Waals surface area contributed by atoms with Gasteiger partial charge in [0.05, 0.1) is 0 Å². The Morgan fingerprint density at radius 3 is 1.79 bits per heavy atom. The number of rotatable bonds is 4. The van der Waals surface area contributed by atoms with E-state index in [4.69, 9.17) is 0 Å². The van der Waals surface area contributed by atoms with Crippen LogP contribution in [-0.4, -0.2) is 12.4 Å². The quantitative estimate of drug-likeness (QED) is 0.625. The van der Waals surface area contributed by atoms with Gasteiger partial charge in [0.25, 0.3) is 0 Å². The fourth-order valence-electron chi connectivity index (χ4n) is 1.53. The van der Waals surface area contributed by atoms with Gasteiger partial charge >= 0.3 is 0 Å². The molecule has 0 aromatic heterocycles. The maximum Gasteiger partial charge on any atom is 0.111 e. The molecule has 0 rings (SSSR count). The van der Waals surface area contributed by atoms with E-state index < -0.39 is 0 Å². The zero-order valence-electron chi connectivity index (χ0n) is 13.6. The third kappa shape index (κ3) is 16.6. The first-order valence-corrected chi connectivity index (χ1v) is 6.44. The van der Waals surface area contributed by atoms with Gasteiger partial charge in [0.2, 0.25) is 0 Å². The van der Waals surface area contributed by atoms with Crippen LogP contribution in [0, 0.1) is 30.6 Å². The van der Waals surface area contributed by atoms with Gasteiger partial charge in [-0.25, -0.2) is 5.90 Å². The molecule has 0 aliphatic heterocycles. The Balaban J connectivity index is -0.000000366. The predicted molar refractivity (Wildman–Crippen MR) is 77.5 cm³/mol. The van der Waals surface area contributed by atoms with Crippen LogP contribution in [0.5, 0.6) is 0 Å². The molecule has 3 nitrogen and oxygen atoms in total. The minimum atomic E-state index is -0.252. The number of hydrogen-bond donors (Lipinski definition) is 1. The third-order valence-electron chi connectivity index (χ3n) is 2.23. The van der Waals surface area contributed by atoms with E-state index in [2.05, 4.69) is 45.4 Å². The summed E-state index contributed by atoms with van der Waals surface area (Å²) in [5.41, 5.74) is -0.0645. The summed E-state index contributed by atoms with van der Waals surface area (Å²) < 4.78 is 0. The van der Waals surface area contributed by atoms with Crippen molar-refractivity contribution < 1.29 is 42.3 Å². The van der Waals surface area contributed by atoms with Crippen LogP contribution in [0.3, 0.4) is 0 Å². The summed E-state index contributed by atoms with van der Waals surface area (Å²) in [6, 6.07) is 0. The molecule has 0 aromatic carbocycles. The Morgan fingerprint density at radius 1 is 1.21 bits per heavy atom. The largest absolute Gasteiger partial charge is 0.341 e. The Labute approximate surface area is 145 Å². The molecule has 0 aliphatic rings. The van der Waals surface area contributed by atoms with E-state index >= 15 is 0 Å². The Bertz CT molecular complexity index is 227. The van der Waals surface area contributed by atoms with Gasteiger partial charge in [-0.2, -0.15) is 6.42 Å². The second-order valence-corrected chi connectivity index (χ2v) is 6.80. The topological polar surface area (TPSA) is 52.3 Å². The van der Waals surface area contributed by atoms with Gasteiger partial charge < -0.3 is 23.5 Å². The molecule has 0 amide bonds. The van der Waals surface area contributed by atoms with Crippen LogP contribution < -0.4 is 5.90 Å². The minimum Gasteiger partial charge on any atom is -0.341 e. The zero-order chi connectivity index (χ0) is 15.0. The second kappa shape index (κ2) is 11.4. The minimum absolute atomic E-state index is 0. The molecule has 4 heteroatoms. The van der Waals surface area contributed by atoms with Crippen molar-refractivity contribution >= 4 is 5.78 Å². The van der Waals surface area contributed by atoms with Crippen LogP contribution in [0.15, 0.2) is 0 Å². The summed E-state index contributed by atoms with van der Waals surface area (Å²) in [7, 11) is 0. The van der Waals surface area contributed by atoms with E-state index in [1.807, 2.05) is 20.8 Å². The van der Waals surface area contributed by atoms with Crippen LogP contribution in [-0.2, 0) is 42.3 Å². The number of Topliss-reactive ketones (excluding diaryl/α,β-unsaturated/α-hetero) is 1. The Hall–Kier alpha value is 0.694. The smallest absolute Gasteiger partial charge is 0.111 e. The van der Waals surface area contributed by atoms with Crippen LogP contribution in [0.25, 0.3) is 0 Å². The molecular weight excluding hydrogens is 315 g/mol. The third-order valence-corrected chi connectivity index (χ3v) is 2.23. The summed E-state index contributed by atoms with van der Waals surface area (Å²) in [6.07, 6.45) is 1.61. The molecule has 1 radical (unpaired) electrons. The molecule has 1 unspecified atom stereocenters. The molecule has 0 spiro atoms. The number of hydrogen-bond acceptors (Lipinski definition) is 3. The van der Waals surface area contributed by atoms with Crippen molar-refractivity contribution in [2.75, 3.05) is 6.61 Å². The van der Waals surface area contributed by atoms with E-state index in [0.717, 1.165) is 12.8 Å². The summed E-state index contributed by atoms with van der Waals surface area (Å²) in [5, 5.41) is 0. The van der Waals surface area contributed by atoms with E-state index in [9.17, 15) is 4.79 Å². The first-order valence-electron chi connectivity index (χ1n) is 6.44. The van der Waals surface area contributed by atoms with Crippen molar-refractivity contribution in [3.05, 3.63) is 13.8 Å². The maximum absolute atomic E-state index is 11.8. The molecule has 0 saturated carbocycles. The molecule has 0 bridgehead atoms. The number of carbonyl (C=O) groups excluding carboxylic acids is 1. The fraction of sp³-hybridized carbons (Fsp3) is 0.800. The molecule has 0 aromatic rings. The van der Waals surface area contributed by atoms with E-state index in [1.54, 1.807) is 0 Å². The van der Waals surface area contributed by atoms with Gasteiger partial charge in [0.1, 0.15) is 5.78 Å². The van der Waals surface area contributed by atoms with Gasteiger partial charge in [-0.1, -0.05) is 48.0 Å². The Kier molecular flexibility index (Phi) is 14.8. The van der Waals surface area contributed by atoms with Crippen molar-refractivity contribution in [2.45, 2.75) is 54.4 Å². The average Bonchev–Trinajstić information content (AvgIpc) is 2.14. The second-order valence-electron chi connectivity index (χ2n) is 6.80. The van der Waals surface area contributed by atoms with Crippen molar-refractivity contribution in [1.29, 1.82) is 0 Å². The van der Waals surface area contributed by atoms with Crippen molar-refractivity contribution in [3.8, 4) is 0 Å². The summed E-state index contributed by atoms with van der Waals surface area (Å²) >= 11 is 0. The molecule has 0 heterocycles. The summed E-state index contributed by atoms with van der Waals surface area (Å²) in [5.74, 6) is 4.80. The zero-order valence-corrected chi connectivity index (χ0v) is 16.4. The standard InChI is InChI=1S/C12H23O.C3H8NO.Y/c1-9(8-11(2,3)4)10(13)12(5,6)7;1-2-3-5-4;/h9H,1,8H2,2-7H3;1-4H2;/q2*-1;. The fourth-order valence-corrected chi connectivity index (χ4v) is 1.53. The number of ketones is 1. The van der Waals surface area contributed by atoms with Gasteiger partial charge in [-0.3, -0.25) is 0 Å². The van der Waals surface area contributed by atoms with Gasteiger partial charge in [-0.05, 0) is 5.41 Å². The molecule has 113 valence electrons. The number of nitrogens with two attached hydrogens (primary N) is 1. The monoisotopic (exact) mass is 346 g/mol. The first kappa shape index (κ1) is 24.7. The van der Waals surface area contributed by atoms with Crippen molar-refractivity contribution in [3.63, 3.8) is 0 Å². The SMILES string of the molecule is [CH2-]C(CC(C)(C)C)C(=O)C(C)(C)C.[CH2-]CCON.[Y]. The number of carbonyl (C=O) groups is 1. The molecular formula is C15H31NO2Y-2. The summed E-state index contributed by atoms with van der Waals surface area (Å²) in [6.45, 7) is 20.2.